The lowest BCUT2D eigenvalue weighted by Gasteiger charge is -2.11. The SMILES string of the molecule is COc1ccc(OC)c(NC(=O)CSc2nnc(NC(=O)c3cc(Br)ccc3Cl)s2)c1. The average Bonchev–Trinajstić information content (AvgIpc) is 3.21. The number of hydrogen-bond acceptors (Lipinski definition) is 8. The second-order valence-electron chi connectivity index (χ2n) is 5.85. The third kappa shape index (κ3) is 6.33. The van der Waals surface area contributed by atoms with Crippen molar-refractivity contribution in [3.63, 3.8) is 0 Å². The first kappa shape index (κ1) is 23.3. The molecular weight excluding hydrogens is 528 g/mol. The molecule has 0 radical (unpaired) electrons. The molecule has 2 aromatic carbocycles. The third-order valence-corrected chi connectivity index (χ3v) is 6.60. The maximum Gasteiger partial charge on any atom is 0.259 e. The molecule has 0 bridgehead atoms. The summed E-state index contributed by atoms with van der Waals surface area (Å²) in [6.07, 6.45) is 0. The maximum atomic E-state index is 12.4. The first-order valence-electron chi connectivity index (χ1n) is 8.64. The maximum absolute atomic E-state index is 12.4. The molecule has 3 rings (SSSR count). The zero-order valence-electron chi connectivity index (χ0n) is 16.3. The molecule has 0 atom stereocenters. The second-order valence-corrected chi connectivity index (χ2v) is 9.38. The van der Waals surface area contributed by atoms with Crippen LogP contribution in [0.25, 0.3) is 0 Å². The van der Waals surface area contributed by atoms with E-state index in [1.807, 2.05) is 0 Å². The van der Waals surface area contributed by atoms with Gasteiger partial charge in [-0.2, -0.15) is 0 Å². The lowest BCUT2D eigenvalue weighted by molar-refractivity contribution is -0.113. The van der Waals surface area contributed by atoms with Gasteiger partial charge in [-0.15, -0.1) is 10.2 Å². The first-order chi connectivity index (χ1) is 14.9. The van der Waals surface area contributed by atoms with Gasteiger partial charge in [0.1, 0.15) is 11.5 Å². The van der Waals surface area contributed by atoms with Gasteiger partial charge in [-0.3, -0.25) is 14.9 Å². The Bertz CT molecular complexity index is 1110. The smallest absolute Gasteiger partial charge is 0.259 e. The summed E-state index contributed by atoms with van der Waals surface area (Å²) >= 11 is 11.7. The number of rotatable bonds is 8. The van der Waals surface area contributed by atoms with Gasteiger partial charge in [0.05, 0.1) is 36.2 Å². The van der Waals surface area contributed by atoms with E-state index in [4.69, 9.17) is 21.1 Å². The number of thioether (sulfide) groups is 1. The predicted molar refractivity (Wildman–Crippen MR) is 126 cm³/mol. The van der Waals surface area contributed by atoms with E-state index in [1.165, 1.54) is 18.9 Å². The van der Waals surface area contributed by atoms with Gasteiger partial charge in [0, 0.05) is 10.5 Å². The number of nitrogens with one attached hydrogen (secondary N) is 2. The van der Waals surface area contributed by atoms with Gasteiger partial charge >= 0.3 is 0 Å². The van der Waals surface area contributed by atoms with Crippen molar-refractivity contribution in [1.29, 1.82) is 0 Å². The Morgan fingerprint density at radius 1 is 1.13 bits per heavy atom. The summed E-state index contributed by atoms with van der Waals surface area (Å²) in [6, 6.07) is 10.1. The minimum atomic E-state index is -0.401. The van der Waals surface area contributed by atoms with Crippen LogP contribution in [0.3, 0.4) is 0 Å². The molecule has 8 nitrogen and oxygen atoms in total. The van der Waals surface area contributed by atoms with Crippen LogP contribution in [-0.2, 0) is 4.79 Å². The Morgan fingerprint density at radius 3 is 2.68 bits per heavy atom. The molecule has 1 aromatic heterocycles. The van der Waals surface area contributed by atoms with Crippen molar-refractivity contribution in [1.82, 2.24) is 10.2 Å². The molecule has 2 N–H and O–H groups in total. The topological polar surface area (TPSA) is 102 Å². The summed E-state index contributed by atoms with van der Waals surface area (Å²) < 4.78 is 11.7. The molecule has 0 aliphatic heterocycles. The molecule has 3 aromatic rings. The molecule has 0 fully saturated rings. The number of halogens is 2. The Morgan fingerprint density at radius 2 is 1.94 bits per heavy atom. The molecule has 31 heavy (non-hydrogen) atoms. The summed E-state index contributed by atoms with van der Waals surface area (Å²) in [6.45, 7) is 0. The molecule has 0 unspecified atom stereocenters. The summed E-state index contributed by atoms with van der Waals surface area (Å²) in [5, 5.41) is 14.0. The molecule has 12 heteroatoms. The van der Waals surface area contributed by atoms with Crippen LogP contribution in [0.15, 0.2) is 45.2 Å². The number of anilines is 2. The van der Waals surface area contributed by atoms with E-state index in [0.29, 0.717) is 37.2 Å². The van der Waals surface area contributed by atoms with Crippen molar-refractivity contribution in [2.24, 2.45) is 0 Å². The Hall–Kier alpha value is -2.34. The minimum absolute atomic E-state index is 0.0976. The average molecular weight is 544 g/mol. The standard InChI is InChI=1S/C19H16BrClN4O4S2/c1-28-11-4-6-15(29-2)14(8-11)22-16(26)9-30-19-25-24-18(31-19)23-17(27)12-7-10(20)3-5-13(12)21/h3-8H,9H2,1-2H3,(H,22,26)(H,23,24,27). The van der Waals surface area contributed by atoms with Crippen molar-refractivity contribution in [3.05, 3.63) is 51.5 Å². The van der Waals surface area contributed by atoms with E-state index in [-0.39, 0.29) is 11.7 Å². The van der Waals surface area contributed by atoms with Gasteiger partial charge in [-0.05, 0) is 30.3 Å². The predicted octanol–water partition coefficient (Wildman–Crippen LogP) is 4.95. The highest BCUT2D eigenvalue weighted by atomic mass is 79.9. The highest BCUT2D eigenvalue weighted by molar-refractivity contribution is 9.10. The van der Waals surface area contributed by atoms with Gasteiger partial charge in [-0.1, -0.05) is 50.6 Å². The van der Waals surface area contributed by atoms with Crippen LogP contribution in [0.2, 0.25) is 5.02 Å². The van der Waals surface area contributed by atoms with Crippen LogP contribution in [0.5, 0.6) is 11.5 Å². The normalized spacial score (nSPS) is 10.5. The second kappa shape index (κ2) is 10.8. The molecular formula is C19H16BrClN4O4S2. The molecule has 0 aliphatic carbocycles. The molecule has 0 saturated carbocycles. The van der Waals surface area contributed by atoms with E-state index in [0.717, 1.165) is 15.8 Å². The van der Waals surface area contributed by atoms with Crippen molar-refractivity contribution in [3.8, 4) is 11.5 Å². The zero-order valence-corrected chi connectivity index (χ0v) is 20.2. The summed E-state index contributed by atoms with van der Waals surface area (Å²) in [4.78, 5) is 24.7. The number of carbonyl (C=O) groups is 2. The number of methoxy groups -OCH3 is 2. The monoisotopic (exact) mass is 542 g/mol. The third-order valence-electron chi connectivity index (χ3n) is 3.81. The van der Waals surface area contributed by atoms with Crippen LogP contribution >= 0.6 is 50.6 Å². The van der Waals surface area contributed by atoms with E-state index in [2.05, 4.69) is 36.8 Å². The molecule has 2 amide bonds. The lowest BCUT2D eigenvalue weighted by atomic mass is 10.2. The number of ether oxygens (including phenoxy) is 2. The Balaban J connectivity index is 1.57. The number of nitrogens with zero attached hydrogens (tertiary/aromatic N) is 2. The van der Waals surface area contributed by atoms with E-state index in [9.17, 15) is 9.59 Å². The van der Waals surface area contributed by atoms with Crippen molar-refractivity contribution in [2.45, 2.75) is 4.34 Å². The van der Waals surface area contributed by atoms with Crippen LogP contribution in [0.4, 0.5) is 10.8 Å². The summed E-state index contributed by atoms with van der Waals surface area (Å²) in [7, 11) is 3.06. The van der Waals surface area contributed by atoms with Gasteiger partial charge in [0.2, 0.25) is 11.0 Å². The fourth-order valence-corrected chi connectivity index (χ4v) is 4.49. The van der Waals surface area contributed by atoms with Crippen LogP contribution in [-0.4, -0.2) is 42.0 Å². The zero-order chi connectivity index (χ0) is 22.4. The van der Waals surface area contributed by atoms with E-state index in [1.54, 1.807) is 43.5 Å². The van der Waals surface area contributed by atoms with Crippen LogP contribution in [0, 0.1) is 0 Å². The van der Waals surface area contributed by atoms with Crippen molar-refractivity contribution < 1.29 is 19.1 Å². The highest BCUT2D eigenvalue weighted by Gasteiger charge is 2.15. The van der Waals surface area contributed by atoms with Gasteiger partial charge < -0.3 is 14.8 Å². The fourth-order valence-electron chi connectivity index (χ4n) is 2.38. The largest absolute Gasteiger partial charge is 0.497 e. The molecule has 0 spiro atoms. The Kier molecular flexibility index (Phi) is 8.13. The molecule has 1 heterocycles. The first-order valence-corrected chi connectivity index (χ1v) is 11.6. The van der Waals surface area contributed by atoms with Crippen molar-refractivity contribution >= 4 is 73.3 Å². The van der Waals surface area contributed by atoms with Crippen LogP contribution < -0.4 is 20.1 Å². The Labute approximate surface area is 199 Å². The number of carbonyl (C=O) groups excluding carboxylic acids is 2. The molecule has 0 saturated heterocycles. The summed E-state index contributed by atoms with van der Waals surface area (Å²) in [5.41, 5.74) is 0.815. The number of benzene rings is 2. The fraction of sp³-hybridized carbons (Fsp3) is 0.158. The molecule has 162 valence electrons. The highest BCUT2D eigenvalue weighted by Crippen LogP contribution is 2.30. The van der Waals surface area contributed by atoms with Gasteiger partial charge in [-0.25, -0.2) is 0 Å². The van der Waals surface area contributed by atoms with E-state index >= 15 is 0 Å². The molecule has 0 aliphatic rings. The van der Waals surface area contributed by atoms with Gasteiger partial charge in [0.25, 0.3) is 5.91 Å². The lowest BCUT2D eigenvalue weighted by Crippen LogP contribution is -2.14. The number of amides is 2. The minimum Gasteiger partial charge on any atom is -0.497 e. The number of hydrogen-bond donors (Lipinski definition) is 2. The van der Waals surface area contributed by atoms with Crippen molar-refractivity contribution in [2.75, 3.05) is 30.6 Å². The summed E-state index contributed by atoms with van der Waals surface area (Å²) in [5.74, 6) is 0.561. The van der Waals surface area contributed by atoms with E-state index < -0.39 is 5.91 Å². The van der Waals surface area contributed by atoms with Crippen LogP contribution in [0.1, 0.15) is 10.4 Å². The quantitative estimate of drug-likeness (QED) is 0.306. The van der Waals surface area contributed by atoms with Gasteiger partial charge in [0.15, 0.2) is 4.34 Å². The number of aromatic nitrogens is 2.